The second-order valence-corrected chi connectivity index (χ2v) is 23.6. The van der Waals surface area contributed by atoms with Crippen molar-refractivity contribution in [1.29, 1.82) is 0 Å². The van der Waals surface area contributed by atoms with E-state index in [1.807, 2.05) is 20.0 Å². The van der Waals surface area contributed by atoms with Gasteiger partial charge in [-0.3, -0.25) is 19.6 Å². The van der Waals surface area contributed by atoms with Crippen LogP contribution in [0.4, 0.5) is 21.6 Å². The van der Waals surface area contributed by atoms with Crippen molar-refractivity contribution >= 4 is 44.2 Å². The molecule has 4 fully saturated rings. The summed E-state index contributed by atoms with van der Waals surface area (Å²) in [5, 5.41) is 27.0. The van der Waals surface area contributed by atoms with E-state index in [-0.39, 0.29) is 56.2 Å². The van der Waals surface area contributed by atoms with E-state index in [0.29, 0.717) is 42.1 Å². The van der Waals surface area contributed by atoms with Crippen molar-refractivity contribution in [3.8, 4) is 11.5 Å². The van der Waals surface area contributed by atoms with Crippen LogP contribution in [0.2, 0.25) is 0 Å². The van der Waals surface area contributed by atoms with Gasteiger partial charge >= 0.3 is 0 Å². The molecule has 6 aromatic rings. The van der Waals surface area contributed by atoms with Crippen LogP contribution in [0.5, 0.6) is 11.5 Å². The van der Waals surface area contributed by atoms with Gasteiger partial charge < -0.3 is 35.3 Å². The summed E-state index contributed by atoms with van der Waals surface area (Å²) in [5.41, 5.74) is 5.72. The third kappa shape index (κ3) is 11.1. The number of piperazine rings is 1. The average molecular weight is 1030 g/mol. The molecule has 2 aliphatic carbocycles. The van der Waals surface area contributed by atoms with Crippen LogP contribution in [0, 0.1) is 29.3 Å². The fourth-order valence-electron chi connectivity index (χ4n) is 11.9. The number of ether oxygens (including phenoxy) is 1. The van der Waals surface area contributed by atoms with Crippen LogP contribution in [-0.2, 0) is 16.6 Å². The number of piperidine rings is 1. The minimum Gasteiger partial charge on any atom is -0.758 e. The number of amides is 1. The lowest BCUT2D eigenvalue weighted by atomic mass is 9.59. The predicted molar refractivity (Wildman–Crippen MR) is 285 cm³/mol. The standard InChI is InChI=1S/C56H68FN10O6S/c1-36(2)44-8-6-7-9-45(44)50-35-65(34-39-14-19-58-37(3)24-39)22-23-67(50)41-28-56(29-41)17-20-66(21-18-56)40-10-11-46(51(25-40)73-42-26-47-48(57)33-62-52(47)60-31-42)54(68)63-74(71,72)43-27-49(64(5)70)53(61-32-43)59-30-38-12-15-55(4,69)16-13-38/h6-11,14,19,24-27,31-33,36,38,41,50,69H,12-13,15-18,20-23,28-30,34-35H2,1-5H3,(H,59,61)(H,60,62)(H,63,68)/q-1/t38?,50-,55?/m0/s1. The lowest BCUT2D eigenvalue weighted by Crippen LogP contribution is -2.60. The van der Waals surface area contributed by atoms with Crippen molar-refractivity contribution in [3.63, 3.8) is 0 Å². The zero-order valence-electron chi connectivity index (χ0n) is 43.0. The quantitative estimate of drug-likeness (QED) is 0.0710. The fraction of sp³-hybridized carbons (Fsp3) is 0.464. The van der Waals surface area contributed by atoms with Gasteiger partial charge in [0.25, 0.3) is 15.9 Å². The third-order valence-corrected chi connectivity index (χ3v) is 17.5. The highest BCUT2D eigenvalue weighted by molar-refractivity contribution is 7.90. The first kappa shape index (κ1) is 51.3. The van der Waals surface area contributed by atoms with Gasteiger partial charge in [-0.05, 0) is 143 Å². The number of aromatic nitrogens is 4. The molecule has 2 saturated carbocycles. The molecule has 16 nitrogen and oxygen atoms in total. The van der Waals surface area contributed by atoms with Gasteiger partial charge in [0.2, 0.25) is 0 Å². The Morgan fingerprint density at radius 3 is 2.50 bits per heavy atom. The predicted octanol–water partition coefficient (Wildman–Crippen LogP) is 9.43. The van der Waals surface area contributed by atoms with Gasteiger partial charge in [0.05, 0.1) is 28.4 Å². The smallest absolute Gasteiger partial charge is 0.268 e. The second-order valence-electron chi connectivity index (χ2n) is 21.9. The Morgan fingerprint density at radius 1 is 0.986 bits per heavy atom. The molecule has 10 rings (SSSR count). The maximum atomic E-state index is 14.7. The number of hydroxylamine groups is 1. The highest BCUT2D eigenvalue weighted by Gasteiger charge is 2.50. The number of fused-ring (bicyclic) bond motifs is 1. The molecular formula is C56H68FN10O6S-. The van der Waals surface area contributed by atoms with Crippen molar-refractivity contribution in [2.75, 3.05) is 61.6 Å². The number of aryl methyl sites for hydroxylation is 1. The number of carbonyl (C=O) groups is 1. The molecule has 0 bridgehead atoms. The van der Waals surface area contributed by atoms with Crippen LogP contribution in [0.1, 0.15) is 117 Å². The Kier molecular flexibility index (Phi) is 14.5. The number of benzene rings is 2. The van der Waals surface area contributed by atoms with E-state index in [1.54, 1.807) is 18.2 Å². The van der Waals surface area contributed by atoms with Crippen molar-refractivity contribution in [3.05, 3.63) is 130 Å². The lowest BCUT2D eigenvalue weighted by Gasteiger charge is -2.58. The van der Waals surface area contributed by atoms with Gasteiger partial charge in [-0.15, -0.1) is 0 Å². The topological polar surface area (TPSA) is 195 Å². The number of nitrogens with zero attached hydrogens (tertiary/aromatic N) is 7. The average Bonchev–Trinajstić information content (AvgIpc) is 3.74. The molecule has 2 aromatic carbocycles. The minimum atomic E-state index is -4.56. The van der Waals surface area contributed by atoms with Crippen LogP contribution in [0.3, 0.4) is 0 Å². The number of H-pyrrole nitrogens is 1. The maximum absolute atomic E-state index is 14.7. The number of aliphatic hydroxyl groups is 1. The summed E-state index contributed by atoms with van der Waals surface area (Å²) >= 11 is 0. The van der Waals surface area contributed by atoms with Gasteiger partial charge in [-0.2, -0.15) is 0 Å². The number of nitrogens with one attached hydrogen (secondary N) is 3. The first-order chi connectivity index (χ1) is 35.4. The molecule has 0 unspecified atom stereocenters. The Morgan fingerprint density at radius 2 is 1.76 bits per heavy atom. The molecule has 4 aliphatic rings. The van der Waals surface area contributed by atoms with E-state index < -0.39 is 27.3 Å². The fourth-order valence-corrected chi connectivity index (χ4v) is 12.8. The Bertz CT molecular complexity index is 3100. The van der Waals surface area contributed by atoms with Gasteiger partial charge in [0, 0.05) is 93.9 Å². The molecule has 6 heterocycles. The van der Waals surface area contributed by atoms with Crippen LogP contribution in [0.25, 0.3) is 11.0 Å². The molecule has 4 aromatic heterocycles. The number of anilines is 3. The van der Waals surface area contributed by atoms with E-state index in [4.69, 9.17) is 4.74 Å². The maximum Gasteiger partial charge on any atom is 0.268 e. The number of sulfonamides is 1. The Balaban J connectivity index is 0.840. The first-order valence-electron chi connectivity index (χ1n) is 26.0. The highest BCUT2D eigenvalue weighted by Crippen LogP contribution is 2.53. The first-order valence-corrected chi connectivity index (χ1v) is 27.5. The van der Waals surface area contributed by atoms with E-state index in [1.165, 1.54) is 48.3 Å². The summed E-state index contributed by atoms with van der Waals surface area (Å²) in [7, 11) is -3.32. The number of hydrogen-bond acceptors (Lipinski definition) is 14. The van der Waals surface area contributed by atoms with Crippen LogP contribution < -0.4 is 24.7 Å². The van der Waals surface area contributed by atoms with Crippen molar-refractivity contribution in [2.45, 2.75) is 114 Å². The number of carbonyl (C=O) groups excluding carboxylic acids is 1. The molecule has 392 valence electrons. The third-order valence-electron chi connectivity index (χ3n) is 16.2. The number of halogens is 1. The monoisotopic (exact) mass is 1030 g/mol. The van der Waals surface area contributed by atoms with Crippen molar-refractivity contribution < 1.29 is 27.4 Å². The summed E-state index contributed by atoms with van der Waals surface area (Å²) in [6.07, 6.45) is 12.8. The molecule has 2 aliphatic heterocycles. The Hall–Kier alpha value is -6.18. The summed E-state index contributed by atoms with van der Waals surface area (Å²) in [5.74, 6) is -0.415. The van der Waals surface area contributed by atoms with Gasteiger partial charge in [-0.1, -0.05) is 38.1 Å². The summed E-state index contributed by atoms with van der Waals surface area (Å²) < 4.78 is 51.0. The highest BCUT2D eigenvalue weighted by atomic mass is 32.2. The zero-order chi connectivity index (χ0) is 51.9. The molecule has 1 atom stereocenters. The second kappa shape index (κ2) is 20.9. The SMILES string of the molecule is Cc1cc(CN2CCN(C3CC4(CCN(c5ccc(C(=O)NS(=O)(=O)c6cnc(NCC7CCC(C)(O)CC7)c(N(C)[O-])c6)c(Oc6cnc7[nH]cc(F)c7c6)c5)CC4)C3)[C@H](c3ccccc3C(C)C)C2)ccn1. The normalized spacial score (nSPS) is 21.7. The largest absolute Gasteiger partial charge is 0.758 e. The van der Waals surface area contributed by atoms with E-state index >= 15 is 0 Å². The van der Waals surface area contributed by atoms with Gasteiger partial charge in [0.1, 0.15) is 33.7 Å². The van der Waals surface area contributed by atoms with Gasteiger partial charge in [-0.25, -0.2) is 27.5 Å². The van der Waals surface area contributed by atoms with Crippen LogP contribution in [-0.4, -0.2) is 107 Å². The molecule has 74 heavy (non-hydrogen) atoms. The lowest BCUT2D eigenvalue weighted by molar-refractivity contribution is -0.0628. The molecular weight excluding hydrogens is 960 g/mol. The summed E-state index contributed by atoms with van der Waals surface area (Å²) in [6.45, 7) is 14.4. The number of aromatic amines is 1. The molecule has 1 amide bonds. The minimum absolute atomic E-state index is 0.0144. The van der Waals surface area contributed by atoms with Gasteiger partial charge in [0.15, 0.2) is 0 Å². The van der Waals surface area contributed by atoms with Crippen molar-refractivity contribution in [2.24, 2.45) is 11.3 Å². The van der Waals surface area contributed by atoms with E-state index in [9.17, 15) is 27.9 Å². The molecule has 4 N–H and O–H groups in total. The van der Waals surface area contributed by atoms with E-state index in [2.05, 4.69) is 94.9 Å². The number of rotatable bonds is 15. The van der Waals surface area contributed by atoms with Crippen molar-refractivity contribution in [1.82, 2.24) is 34.5 Å². The van der Waals surface area contributed by atoms with Crippen LogP contribution >= 0.6 is 0 Å². The zero-order valence-corrected chi connectivity index (χ0v) is 43.8. The molecule has 2 saturated heterocycles. The van der Waals surface area contributed by atoms with Crippen LogP contribution in [0.15, 0.2) is 96.4 Å². The molecule has 1 spiro atoms. The molecule has 0 radical (unpaired) electrons. The number of hydrogen-bond donors (Lipinski definition) is 4. The molecule has 18 heteroatoms. The summed E-state index contributed by atoms with van der Waals surface area (Å²) in [6, 6.07) is 21.8. The number of pyridine rings is 3. The Labute approximate surface area is 433 Å². The van der Waals surface area contributed by atoms with E-state index in [0.717, 1.165) is 95.4 Å². The summed E-state index contributed by atoms with van der Waals surface area (Å²) in [4.78, 5) is 37.2.